The molecule has 3 N–H and O–H groups in total. The molecule has 1 aromatic heterocycles. The molecule has 1 saturated carbocycles. The molecule has 1 amide bonds. The molecule has 0 spiro atoms. The fraction of sp³-hybridized carbons (Fsp3) is 0.556. The van der Waals surface area contributed by atoms with E-state index in [1.807, 2.05) is 6.07 Å². The number of aromatic amines is 1. The SMILES string of the molecule is O=C(CNC1CC1)NCc1ccn[nH]1. The van der Waals surface area contributed by atoms with Crippen molar-refractivity contribution in [2.24, 2.45) is 0 Å². The Bertz CT molecular complexity index is 292. The van der Waals surface area contributed by atoms with Crippen LogP contribution in [0.2, 0.25) is 0 Å². The molecule has 1 fully saturated rings. The molecule has 0 bridgehead atoms. The van der Waals surface area contributed by atoms with Gasteiger partial charge in [-0.3, -0.25) is 9.89 Å². The number of amides is 1. The van der Waals surface area contributed by atoms with Crippen molar-refractivity contribution < 1.29 is 4.79 Å². The van der Waals surface area contributed by atoms with Crippen LogP contribution in [-0.4, -0.2) is 28.7 Å². The third-order valence-electron chi connectivity index (χ3n) is 2.16. The average molecular weight is 194 g/mol. The first kappa shape index (κ1) is 9.21. The zero-order valence-electron chi connectivity index (χ0n) is 7.92. The van der Waals surface area contributed by atoms with Gasteiger partial charge in [-0.1, -0.05) is 0 Å². The Labute approximate surface area is 82.3 Å². The van der Waals surface area contributed by atoms with E-state index >= 15 is 0 Å². The van der Waals surface area contributed by atoms with Gasteiger partial charge in [-0.05, 0) is 18.9 Å². The van der Waals surface area contributed by atoms with E-state index in [0.717, 1.165) is 5.69 Å². The summed E-state index contributed by atoms with van der Waals surface area (Å²) in [4.78, 5) is 11.3. The van der Waals surface area contributed by atoms with Crippen molar-refractivity contribution in [2.45, 2.75) is 25.4 Å². The number of carbonyl (C=O) groups excluding carboxylic acids is 1. The Balaban J connectivity index is 1.62. The summed E-state index contributed by atoms with van der Waals surface area (Å²) in [6.07, 6.45) is 4.07. The number of aromatic nitrogens is 2. The molecule has 0 radical (unpaired) electrons. The predicted octanol–water partition coefficient (Wildman–Crippen LogP) is -0.222. The highest BCUT2D eigenvalue weighted by Crippen LogP contribution is 2.17. The number of rotatable bonds is 5. The van der Waals surface area contributed by atoms with E-state index < -0.39 is 0 Å². The van der Waals surface area contributed by atoms with Crippen molar-refractivity contribution in [3.05, 3.63) is 18.0 Å². The second-order valence-electron chi connectivity index (χ2n) is 3.51. The van der Waals surface area contributed by atoms with E-state index in [1.54, 1.807) is 6.20 Å². The lowest BCUT2D eigenvalue weighted by atomic mass is 10.4. The number of hydrogen-bond acceptors (Lipinski definition) is 3. The maximum atomic E-state index is 11.3. The van der Waals surface area contributed by atoms with Gasteiger partial charge < -0.3 is 10.6 Å². The van der Waals surface area contributed by atoms with Crippen LogP contribution in [0.15, 0.2) is 12.3 Å². The zero-order valence-corrected chi connectivity index (χ0v) is 7.92. The molecule has 1 aromatic rings. The standard InChI is InChI=1S/C9H14N4O/c14-9(6-10-7-1-2-7)11-5-8-3-4-12-13-8/h3-4,7,10H,1-2,5-6H2,(H,11,14)(H,12,13). The summed E-state index contributed by atoms with van der Waals surface area (Å²) in [5.74, 6) is 0.0338. The Morgan fingerprint density at radius 1 is 1.64 bits per heavy atom. The lowest BCUT2D eigenvalue weighted by molar-refractivity contribution is -0.120. The van der Waals surface area contributed by atoms with E-state index in [1.165, 1.54) is 12.8 Å². The van der Waals surface area contributed by atoms with Crippen molar-refractivity contribution in [2.75, 3.05) is 6.54 Å². The van der Waals surface area contributed by atoms with Crippen molar-refractivity contribution in [1.82, 2.24) is 20.8 Å². The molecule has 1 heterocycles. The lowest BCUT2D eigenvalue weighted by Gasteiger charge is -2.03. The number of H-pyrrole nitrogens is 1. The lowest BCUT2D eigenvalue weighted by Crippen LogP contribution is -2.34. The molecule has 0 unspecified atom stereocenters. The number of hydrogen-bond donors (Lipinski definition) is 3. The second-order valence-corrected chi connectivity index (χ2v) is 3.51. The predicted molar refractivity (Wildman–Crippen MR) is 51.5 cm³/mol. The number of nitrogens with one attached hydrogen (secondary N) is 3. The fourth-order valence-electron chi connectivity index (χ4n) is 1.16. The van der Waals surface area contributed by atoms with Gasteiger partial charge in [0.1, 0.15) is 0 Å². The molecule has 0 saturated heterocycles. The van der Waals surface area contributed by atoms with Crippen molar-refractivity contribution in [3.8, 4) is 0 Å². The van der Waals surface area contributed by atoms with Gasteiger partial charge in [-0.2, -0.15) is 5.10 Å². The summed E-state index contributed by atoms with van der Waals surface area (Å²) < 4.78 is 0. The summed E-state index contributed by atoms with van der Waals surface area (Å²) in [5.41, 5.74) is 0.921. The molecule has 0 aliphatic heterocycles. The van der Waals surface area contributed by atoms with E-state index in [2.05, 4.69) is 20.8 Å². The third-order valence-corrected chi connectivity index (χ3v) is 2.16. The smallest absolute Gasteiger partial charge is 0.234 e. The minimum atomic E-state index is 0.0338. The fourth-order valence-corrected chi connectivity index (χ4v) is 1.16. The molecule has 14 heavy (non-hydrogen) atoms. The third kappa shape index (κ3) is 2.85. The van der Waals surface area contributed by atoms with Gasteiger partial charge in [-0.15, -0.1) is 0 Å². The van der Waals surface area contributed by atoms with Crippen LogP contribution in [0.25, 0.3) is 0 Å². The maximum Gasteiger partial charge on any atom is 0.234 e. The summed E-state index contributed by atoms with van der Waals surface area (Å²) in [6.45, 7) is 0.935. The van der Waals surface area contributed by atoms with Crippen LogP contribution in [0.4, 0.5) is 0 Å². The van der Waals surface area contributed by atoms with Crippen LogP contribution >= 0.6 is 0 Å². The molecular formula is C9H14N4O. The van der Waals surface area contributed by atoms with E-state index in [9.17, 15) is 4.79 Å². The molecule has 76 valence electrons. The van der Waals surface area contributed by atoms with E-state index in [0.29, 0.717) is 19.1 Å². The highest BCUT2D eigenvalue weighted by molar-refractivity contribution is 5.77. The van der Waals surface area contributed by atoms with Gasteiger partial charge in [-0.25, -0.2) is 0 Å². The molecule has 5 nitrogen and oxygen atoms in total. The molecular weight excluding hydrogens is 180 g/mol. The first-order valence-electron chi connectivity index (χ1n) is 4.83. The highest BCUT2D eigenvalue weighted by Gasteiger charge is 2.20. The van der Waals surface area contributed by atoms with Gasteiger partial charge in [0.15, 0.2) is 0 Å². The maximum absolute atomic E-state index is 11.3. The minimum absolute atomic E-state index is 0.0338. The first-order valence-corrected chi connectivity index (χ1v) is 4.83. The highest BCUT2D eigenvalue weighted by atomic mass is 16.1. The molecule has 1 aliphatic rings. The van der Waals surface area contributed by atoms with Crippen LogP contribution in [0.3, 0.4) is 0 Å². The van der Waals surface area contributed by atoms with Crippen molar-refractivity contribution >= 4 is 5.91 Å². The Kier molecular flexibility index (Phi) is 2.78. The van der Waals surface area contributed by atoms with E-state index in [4.69, 9.17) is 0 Å². The molecule has 2 rings (SSSR count). The Morgan fingerprint density at radius 3 is 3.14 bits per heavy atom. The molecule has 0 atom stereocenters. The monoisotopic (exact) mass is 194 g/mol. The van der Waals surface area contributed by atoms with Gasteiger partial charge >= 0.3 is 0 Å². The van der Waals surface area contributed by atoms with Gasteiger partial charge in [0.2, 0.25) is 5.91 Å². The number of nitrogens with zero attached hydrogens (tertiary/aromatic N) is 1. The summed E-state index contributed by atoms with van der Waals surface area (Å²) in [7, 11) is 0. The minimum Gasteiger partial charge on any atom is -0.349 e. The normalized spacial score (nSPS) is 15.4. The summed E-state index contributed by atoms with van der Waals surface area (Å²) in [5, 5.41) is 12.5. The van der Waals surface area contributed by atoms with Gasteiger partial charge in [0.05, 0.1) is 18.8 Å². The Morgan fingerprint density at radius 2 is 2.50 bits per heavy atom. The van der Waals surface area contributed by atoms with Crippen LogP contribution in [0, 0.1) is 0 Å². The summed E-state index contributed by atoms with van der Waals surface area (Å²) in [6, 6.07) is 2.42. The van der Waals surface area contributed by atoms with Crippen LogP contribution < -0.4 is 10.6 Å². The average Bonchev–Trinajstić information content (AvgIpc) is 2.87. The first-order chi connectivity index (χ1) is 6.84. The molecule has 0 aromatic carbocycles. The Hall–Kier alpha value is -1.36. The molecule has 5 heteroatoms. The zero-order chi connectivity index (χ0) is 9.80. The van der Waals surface area contributed by atoms with Crippen molar-refractivity contribution in [3.63, 3.8) is 0 Å². The van der Waals surface area contributed by atoms with Crippen LogP contribution in [-0.2, 0) is 11.3 Å². The van der Waals surface area contributed by atoms with E-state index in [-0.39, 0.29) is 5.91 Å². The van der Waals surface area contributed by atoms with Crippen LogP contribution in [0.5, 0.6) is 0 Å². The van der Waals surface area contributed by atoms with Crippen molar-refractivity contribution in [1.29, 1.82) is 0 Å². The largest absolute Gasteiger partial charge is 0.349 e. The van der Waals surface area contributed by atoms with Gasteiger partial charge in [0, 0.05) is 12.2 Å². The number of carbonyl (C=O) groups is 1. The summed E-state index contributed by atoms with van der Waals surface area (Å²) >= 11 is 0. The van der Waals surface area contributed by atoms with Gasteiger partial charge in [0.25, 0.3) is 0 Å². The topological polar surface area (TPSA) is 69.8 Å². The quantitative estimate of drug-likeness (QED) is 0.607. The molecule has 1 aliphatic carbocycles. The van der Waals surface area contributed by atoms with Crippen LogP contribution in [0.1, 0.15) is 18.5 Å². The second kappa shape index (κ2) is 4.23.